The van der Waals surface area contributed by atoms with Crippen LogP contribution in [0.1, 0.15) is 43.6 Å². The Labute approximate surface area is 206 Å². The highest BCUT2D eigenvalue weighted by atomic mass is 79.9. The number of esters is 1. The average Bonchev–Trinajstić information content (AvgIpc) is 2.78. The van der Waals surface area contributed by atoms with E-state index >= 15 is 0 Å². The van der Waals surface area contributed by atoms with Crippen molar-refractivity contribution < 1.29 is 23.8 Å². The fourth-order valence-corrected chi connectivity index (χ4v) is 3.66. The predicted molar refractivity (Wildman–Crippen MR) is 133 cm³/mol. The molecule has 34 heavy (non-hydrogen) atoms. The van der Waals surface area contributed by atoms with E-state index in [1.807, 2.05) is 30.3 Å². The number of fused-ring (bicyclic) bond motifs is 1. The van der Waals surface area contributed by atoms with Crippen LogP contribution in [0.5, 0.6) is 5.75 Å². The van der Waals surface area contributed by atoms with Crippen LogP contribution in [0.15, 0.2) is 57.9 Å². The van der Waals surface area contributed by atoms with E-state index in [1.54, 1.807) is 39.8 Å². The highest BCUT2D eigenvalue weighted by Crippen LogP contribution is 2.34. The molecule has 0 N–H and O–H groups in total. The van der Waals surface area contributed by atoms with Gasteiger partial charge in [0.1, 0.15) is 23.3 Å². The summed E-state index contributed by atoms with van der Waals surface area (Å²) in [5.41, 5.74) is -0.265. The fourth-order valence-electron chi connectivity index (χ4n) is 3.22. The summed E-state index contributed by atoms with van der Waals surface area (Å²) in [5.74, 6) is -0.445. The Morgan fingerprint density at radius 3 is 2.38 bits per heavy atom. The number of pyridine rings is 1. The monoisotopic (exact) mass is 530 g/mol. The van der Waals surface area contributed by atoms with E-state index in [0.717, 1.165) is 5.56 Å². The van der Waals surface area contributed by atoms with Gasteiger partial charge < -0.3 is 14.2 Å². The molecule has 3 rings (SSSR count). The van der Waals surface area contributed by atoms with Crippen LogP contribution in [0.3, 0.4) is 0 Å². The van der Waals surface area contributed by atoms with Crippen LogP contribution in [0.2, 0.25) is 0 Å². The Bertz CT molecular complexity index is 1260. The minimum absolute atomic E-state index is 0.101. The van der Waals surface area contributed by atoms with Crippen molar-refractivity contribution in [1.82, 2.24) is 4.68 Å². The Kier molecular flexibility index (Phi) is 7.66. The van der Waals surface area contributed by atoms with Crippen LogP contribution in [0, 0.1) is 0 Å². The van der Waals surface area contributed by atoms with Crippen LogP contribution < -0.4 is 15.2 Å². The van der Waals surface area contributed by atoms with Gasteiger partial charge in [0, 0.05) is 13.2 Å². The van der Waals surface area contributed by atoms with Crippen molar-refractivity contribution in [3.63, 3.8) is 0 Å². The molecule has 2 aromatic carbocycles. The molecular formula is C25H27BrN2O6. The molecule has 180 valence electrons. The summed E-state index contributed by atoms with van der Waals surface area (Å²) in [7, 11) is 1.48. The molecule has 0 aliphatic carbocycles. The van der Waals surface area contributed by atoms with Crippen molar-refractivity contribution >= 4 is 38.9 Å². The standard InChI is InChI=1S/C25H27BrN2O6/c1-6-32-23(30)18-14-28(27(5)24(31)34-25(2,3)4)20-17(21(18)29)12-13-19(26)22(20)33-15-16-10-8-7-9-11-16/h7-14H,6,15H2,1-5H3. The van der Waals surface area contributed by atoms with Gasteiger partial charge in [0.05, 0.1) is 16.5 Å². The van der Waals surface area contributed by atoms with Gasteiger partial charge in [0.15, 0.2) is 5.75 Å². The number of amides is 1. The van der Waals surface area contributed by atoms with Gasteiger partial charge in [-0.1, -0.05) is 30.3 Å². The van der Waals surface area contributed by atoms with Crippen molar-refractivity contribution in [1.29, 1.82) is 0 Å². The topological polar surface area (TPSA) is 87.1 Å². The Morgan fingerprint density at radius 2 is 1.76 bits per heavy atom. The molecule has 3 aromatic rings. The van der Waals surface area contributed by atoms with Gasteiger partial charge >= 0.3 is 12.1 Å². The Morgan fingerprint density at radius 1 is 1.09 bits per heavy atom. The van der Waals surface area contributed by atoms with E-state index in [0.29, 0.717) is 15.7 Å². The smallest absolute Gasteiger partial charge is 0.429 e. The lowest BCUT2D eigenvalue weighted by atomic mass is 10.1. The zero-order valence-corrected chi connectivity index (χ0v) is 21.3. The van der Waals surface area contributed by atoms with Crippen molar-refractivity contribution in [2.45, 2.75) is 39.9 Å². The first-order valence-corrected chi connectivity index (χ1v) is 11.5. The van der Waals surface area contributed by atoms with Crippen LogP contribution in [-0.4, -0.2) is 36.0 Å². The second-order valence-electron chi connectivity index (χ2n) is 8.49. The maximum absolute atomic E-state index is 13.2. The molecule has 0 fully saturated rings. The van der Waals surface area contributed by atoms with E-state index in [9.17, 15) is 14.4 Å². The number of aromatic nitrogens is 1. The zero-order valence-electron chi connectivity index (χ0n) is 19.8. The van der Waals surface area contributed by atoms with Crippen molar-refractivity contribution in [3.8, 4) is 5.75 Å². The van der Waals surface area contributed by atoms with E-state index in [2.05, 4.69) is 15.9 Å². The highest BCUT2D eigenvalue weighted by molar-refractivity contribution is 9.10. The van der Waals surface area contributed by atoms with Gasteiger partial charge in [-0.15, -0.1) is 0 Å². The number of ether oxygens (including phenoxy) is 3. The fraction of sp³-hybridized carbons (Fsp3) is 0.320. The number of halogens is 1. The van der Waals surface area contributed by atoms with Gasteiger partial charge in [-0.2, -0.15) is 0 Å². The second kappa shape index (κ2) is 10.3. The number of hydrogen-bond donors (Lipinski definition) is 0. The predicted octanol–water partition coefficient (Wildman–Crippen LogP) is 5.02. The Balaban J connectivity index is 2.23. The number of carbonyl (C=O) groups excluding carboxylic acids is 2. The lowest BCUT2D eigenvalue weighted by Crippen LogP contribution is -2.42. The molecule has 0 atom stereocenters. The quantitative estimate of drug-likeness (QED) is 0.415. The van der Waals surface area contributed by atoms with Crippen LogP contribution in [0.4, 0.5) is 4.79 Å². The van der Waals surface area contributed by atoms with E-state index in [1.165, 1.54) is 22.9 Å². The third kappa shape index (κ3) is 5.59. The maximum atomic E-state index is 13.2. The molecule has 0 aliphatic rings. The summed E-state index contributed by atoms with van der Waals surface area (Å²) in [6.45, 7) is 7.22. The SMILES string of the molecule is CCOC(=O)c1cn(N(C)C(=O)OC(C)(C)C)c2c(OCc3ccccc3)c(Br)ccc2c1=O. The average molecular weight is 531 g/mol. The summed E-state index contributed by atoms with van der Waals surface area (Å²) >= 11 is 3.49. The second-order valence-corrected chi connectivity index (χ2v) is 9.34. The molecule has 0 unspecified atom stereocenters. The van der Waals surface area contributed by atoms with Gasteiger partial charge in [-0.25, -0.2) is 14.6 Å². The molecule has 0 saturated heterocycles. The zero-order chi connectivity index (χ0) is 25.0. The van der Waals surface area contributed by atoms with E-state index in [-0.39, 0.29) is 24.2 Å². The van der Waals surface area contributed by atoms with Crippen molar-refractivity contribution in [2.24, 2.45) is 0 Å². The van der Waals surface area contributed by atoms with Gasteiger partial charge in [-0.3, -0.25) is 9.47 Å². The molecule has 0 aliphatic heterocycles. The normalized spacial score (nSPS) is 11.2. The van der Waals surface area contributed by atoms with Crippen LogP contribution in [0.25, 0.3) is 10.9 Å². The van der Waals surface area contributed by atoms with E-state index in [4.69, 9.17) is 14.2 Å². The van der Waals surface area contributed by atoms with Gasteiger partial charge in [0.25, 0.3) is 0 Å². The summed E-state index contributed by atoms with van der Waals surface area (Å²) in [5, 5.41) is 1.37. The number of rotatable bonds is 6. The van der Waals surface area contributed by atoms with E-state index < -0.39 is 23.1 Å². The lowest BCUT2D eigenvalue weighted by molar-refractivity contribution is 0.0513. The first-order valence-electron chi connectivity index (χ1n) is 10.7. The first kappa shape index (κ1) is 25.3. The summed E-state index contributed by atoms with van der Waals surface area (Å²) in [4.78, 5) is 38.7. The lowest BCUT2D eigenvalue weighted by Gasteiger charge is -2.28. The van der Waals surface area contributed by atoms with Gasteiger partial charge in [0.2, 0.25) is 5.43 Å². The molecule has 1 amide bonds. The number of benzene rings is 2. The number of nitrogens with zero attached hydrogens (tertiary/aromatic N) is 2. The molecule has 8 nitrogen and oxygen atoms in total. The molecule has 0 saturated carbocycles. The molecule has 0 bridgehead atoms. The number of carbonyl (C=O) groups is 2. The Hall–Kier alpha value is -3.33. The summed E-state index contributed by atoms with van der Waals surface area (Å²) in [6.07, 6.45) is 0.593. The minimum Gasteiger partial charge on any atom is -0.485 e. The first-order chi connectivity index (χ1) is 16.0. The molecular weight excluding hydrogens is 504 g/mol. The van der Waals surface area contributed by atoms with Crippen molar-refractivity contribution in [2.75, 3.05) is 18.7 Å². The number of hydrogen-bond acceptors (Lipinski definition) is 6. The van der Waals surface area contributed by atoms with Crippen molar-refractivity contribution in [3.05, 3.63) is 74.5 Å². The third-order valence-corrected chi connectivity index (χ3v) is 5.38. The highest BCUT2D eigenvalue weighted by Gasteiger charge is 2.26. The summed E-state index contributed by atoms with van der Waals surface area (Å²) < 4.78 is 18.6. The summed E-state index contributed by atoms with van der Waals surface area (Å²) in [6, 6.07) is 12.8. The molecule has 1 heterocycles. The molecule has 9 heteroatoms. The largest absolute Gasteiger partial charge is 0.485 e. The third-order valence-electron chi connectivity index (χ3n) is 4.76. The van der Waals surface area contributed by atoms with Gasteiger partial charge in [-0.05, 0) is 61.3 Å². The minimum atomic E-state index is -0.782. The molecule has 0 spiro atoms. The maximum Gasteiger partial charge on any atom is 0.429 e. The van der Waals surface area contributed by atoms with Crippen LogP contribution >= 0.6 is 15.9 Å². The van der Waals surface area contributed by atoms with Crippen LogP contribution in [-0.2, 0) is 16.1 Å². The molecule has 1 aromatic heterocycles. The molecule has 0 radical (unpaired) electrons.